The Morgan fingerprint density at radius 2 is 2.40 bits per heavy atom. The van der Waals surface area contributed by atoms with Crippen molar-refractivity contribution in [2.24, 2.45) is 11.7 Å². The quantitative estimate of drug-likeness (QED) is 0.665. The van der Waals surface area contributed by atoms with Crippen LogP contribution in [-0.2, 0) is 0 Å². The van der Waals surface area contributed by atoms with Crippen LogP contribution in [0.5, 0.6) is 0 Å². The predicted molar refractivity (Wildman–Crippen MR) is 48.3 cm³/mol. The second kappa shape index (κ2) is 4.24. The van der Waals surface area contributed by atoms with Crippen molar-refractivity contribution < 1.29 is 0 Å². The molecule has 10 heavy (non-hydrogen) atoms. The van der Waals surface area contributed by atoms with Crippen LogP contribution in [0.2, 0.25) is 0 Å². The molecule has 0 aromatic heterocycles. The zero-order valence-electron chi connectivity index (χ0n) is 6.68. The SMILES string of the molecule is CC(CN)C1CCCCS1. The molecule has 0 bridgehead atoms. The minimum atomic E-state index is 0.727. The predicted octanol–water partition coefficient (Wildman–Crippen LogP) is 1.87. The van der Waals surface area contributed by atoms with E-state index in [-0.39, 0.29) is 0 Å². The van der Waals surface area contributed by atoms with Crippen molar-refractivity contribution in [2.45, 2.75) is 31.4 Å². The number of rotatable bonds is 2. The van der Waals surface area contributed by atoms with Crippen LogP contribution in [0, 0.1) is 5.92 Å². The van der Waals surface area contributed by atoms with Crippen LogP contribution in [0.3, 0.4) is 0 Å². The van der Waals surface area contributed by atoms with Gasteiger partial charge in [-0.15, -0.1) is 0 Å². The summed E-state index contributed by atoms with van der Waals surface area (Å²) >= 11 is 2.12. The molecule has 1 rings (SSSR count). The van der Waals surface area contributed by atoms with Gasteiger partial charge in [0.2, 0.25) is 0 Å². The van der Waals surface area contributed by atoms with Crippen LogP contribution in [-0.4, -0.2) is 17.5 Å². The summed E-state index contributed by atoms with van der Waals surface area (Å²) in [5.74, 6) is 2.08. The Morgan fingerprint density at radius 3 is 2.90 bits per heavy atom. The Hall–Kier alpha value is 0.310. The van der Waals surface area contributed by atoms with E-state index in [2.05, 4.69) is 18.7 Å². The monoisotopic (exact) mass is 159 g/mol. The molecule has 0 aromatic rings. The molecule has 2 N–H and O–H groups in total. The molecule has 1 saturated heterocycles. The van der Waals surface area contributed by atoms with Crippen molar-refractivity contribution in [1.82, 2.24) is 0 Å². The lowest BCUT2D eigenvalue weighted by atomic mass is 10.0. The summed E-state index contributed by atoms with van der Waals surface area (Å²) in [6.45, 7) is 3.13. The van der Waals surface area contributed by atoms with Crippen LogP contribution < -0.4 is 5.73 Å². The zero-order chi connectivity index (χ0) is 7.40. The third-order valence-electron chi connectivity index (χ3n) is 2.22. The summed E-state index contributed by atoms with van der Waals surface area (Å²) in [6.07, 6.45) is 4.23. The van der Waals surface area contributed by atoms with Gasteiger partial charge in [0.05, 0.1) is 0 Å². The van der Waals surface area contributed by atoms with Crippen LogP contribution in [0.4, 0.5) is 0 Å². The molecule has 0 aromatic carbocycles. The van der Waals surface area contributed by atoms with Gasteiger partial charge in [-0.25, -0.2) is 0 Å². The first kappa shape index (κ1) is 8.41. The van der Waals surface area contributed by atoms with Gasteiger partial charge in [-0.1, -0.05) is 13.3 Å². The Kier molecular flexibility index (Phi) is 3.57. The molecule has 1 aliphatic rings. The first-order valence-electron chi connectivity index (χ1n) is 4.16. The molecule has 0 spiro atoms. The van der Waals surface area contributed by atoms with Crippen molar-refractivity contribution in [3.63, 3.8) is 0 Å². The van der Waals surface area contributed by atoms with Crippen molar-refractivity contribution >= 4 is 11.8 Å². The van der Waals surface area contributed by atoms with Crippen molar-refractivity contribution in [2.75, 3.05) is 12.3 Å². The standard InChI is InChI=1S/C8H17NS/c1-7(6-9)8-4-2-3-5-10-8/h7-8H,2-6,9H2,1H3. The lowest BCUT2D eigenvalue weighted by Gasteiger charge is -2.25. The molecule has 0 amide bonds. The van der Waals surface area contributed by atoms with Gasteiger partial charge in [0.1, 0.15) is 0 Å². The number of nitrogens with two attached hydrogens (primary N) is 1. The fraction of sp³-hybridized carbons (Fsp3) is 1.00. The Labute approximate surface area is 67.8 Å². The molecule has 0 radical (unpaired) electrons. The van der Waals surface area contributed by atoms with Gasteiger partial charge in [-0.2, -0.15) is 11.8 Å². The molecule has 1 fully saturated rings. The highest BCUT2D eigenvalue weighted by Gasteiger charge is 2.18. The fourth-order valence-corrected chi connectivity index (χ4v) is 2.81. The summed E-state index contributed by atoms with van der Waals surface area (Å²) in [7, 11) is 0. The molecule has 2 unspecified atom stereocenters. The normalized spacial score (nSPS) is 30.0. The van der Waals surface area contributed by atoms with E-state index in [0.29, 0.717) is 0 Å². The molecule has 60 valence electrons. The lowest BCUT2D eigenvalue weighted by Crippen LogP contribution is -2.25. The van der Waals surface area contributed by atoms with E-state index in [1.807, 2.05) is 0 Å². The Bertz CT molecular complexity index is 89.3. The molecular formula is C8H17NS. The second-order valence-corrected chi connectivity index (χ2v) is 4.47. The van der Waals surface area contributed by atoms with Gasteiger partial charge in [0, 0.05) is 5.25 Å². The van der Waals surface area contributed by atoms with E-state index in [9.17, 15) is 0 Å². The van der Waals surface area contributed by atoms with Gasteiger partial charge in [-0.05, 0) is 31.1 Å². The van der Waals surface area contributed by atoms with Gasteiger partial charge >= 0.3 is 0 Å². The molecule has 2 atom stereocenters. The van der Waals surface area contributed by atoms with E-state index in [1.165, 1.54) is 25.0 Å². The third-order valence-corrected chi connectivity index (χ3v) is 3.87. The smallest absolute Gasteiger partial charge is 0.00847 e. The average Bonchev–Trinajstić information content (AvgIpc) is 2.05. The van der Waals surface area contributed by atoms with Crippen LogP contribution in [0.1, 0.15) is 26.2 Å². The van der Waals surface area contributed by atoms with Crippen LogP contribution in [0.15, 0.2) is 0 Å². The average molecular weight is 159 g/mol. The molecule has 1 nitrogen and oxygen atoms in total. The molecule has 0 aliphatic carbocycles. The highest BCUT2D eigenvalue weighted by Crippen LogP contribution is 2.29. The van der Waals surface area contributed by atoms with Gasteiger partial charge in [-0.3, -0.25) is 0 Å². The minimum absolute atomic E-state index is 0.727. The minimum Gasteiger partial charge on any atom is -0.330 e. The summed E-state index contributed by atoms with van der Waals surface area (Å²) < 4.78 is 0. The van der Waals surface area contributed by atoms with Crippen molar-refractivity contribution in [1.29, 1.82) is 0 Å². The van der Waals surface area contributed by atoms with Gasteiger partial charge in [0.25, 0.3) is 0 Å². The van der Waals surface area contributed by atoms with E-state index in [1.54, 1.807) is 0 Å². The number of thioether (sulfide) groups is 1. The van der Waals surface area contributed by atoms with Gasteiger partial charge < -0.3 is 5.73 Å². The maximum Gasteiger partial charge on any atom is 0.00847 e. The maximum absolute atomic E-state index is 5.59. The Balaban J connectivity index is 2.24. The fourth-order valence-electron chi connectivity index (χ4n) is 1.37. The Morgan fingerprint density at radius 1 is 1.60 bits per heavy atom. The molecular weight excluding hydrogens is 142 g/mol. The first-order valence-corrected chi connectivity index (χ1v) is 5.21. The largest absolute Gasteiger partial charge is 0.330 e. The topological polar surface area (TPSA) is 26.0 Å². The second-order valence-electron chi connectivity index (χ2n) is 3.12. The van der Waals surface area contributed by atoms with Crippen molar-refractivity contribution in [3.05, 3.63) is 0 Å². The van der Waals surface area contributed by atoms with E-state index in [0.717, 1.165) is 17.7 Å². The molecule has 0 saturated carbocycles. The molecule has 2 heteroatoms. The van der Waals surface area contributed by atoms with Crippen LogP contribution in [0.25, 0.3) is 0 Å². The summed E-state index contributed by atoms with van der Waals surface area (Å²) in [4.78, 5) is 0. The van der Waals surface area contributed by atoms with Gasteiger partial charge in [0.15, 0.2) is 0 Å². The third kappa shape index (κ3) is 2.17. The number of hydrogen-bond donors (Lipinski definition) is 1. The zero-order valence-corrected chi connectivity index (χ0v) is 7.49. The van der Waals surface area contributed by atoms with Crippen LogP contribution >= 0.6 is 11.8 Å². The summed E-state index contributed by atoms with van der Waals surface area (Å²) in [6, 6.07) is 0. The van der Waals surface area contributed by atoms with E-state index >= 15 is 0 Å². The highest BCUT2D eigenvalue weighted by molar-refractivity contribution is 7.99. The molecule has 1 aliphatic heterocycles. The maximum atomic E-state index is 5.59. The van der Waals surface area contributed by atoms with Crippen molar-refractivity contribution in [3.8, 4) is 0 Å². The lowest BCUT2D eigenvalue weighted by molar-refractivity contribution is 0.510. The van der Waals surface area contributed by atoms with E-state index in [4.69, 9.17) is 5.73 Å². The van der Waals surface area contributed by atoms with E-state index < -0.39 is 0 Å². The first-order chi connectivity index (χ1) is 4.84. The highest BCUT2D eigenvalue weighted by atomic mass is 32.2. The summed E-state index contributed by atoms with van der Waals surface area (Å²) in [5, 5.41) is 0.860. The summed E-state index contributed by atoms with van der Waals surface area (Å²) in [5.41, 5.74) is 5.59. The number of hydrogen-bond acceptors (Lipinski definition) is 2. The molecule has 1 heterocycles.